The normalized spacial score (nSPS) is 21.4. The molecule has 7 heteroatoms. The number of pyridine rings is 1. The number of ether oxygens (including phenoxy) is 2. The molecule has 2 fully saturated rings. The van der Waals surface area contributed by atoms with Gasteiger partial charge in [-0.3, -0.25) is 4.79 Å². The van der Waals surface area contributed by atoms with E-state index in [4.69, 9.17) is 9.47 Å². The second kappa shape index (κ2) is 9.00. The quantitative estimate of drug-likeness (QED) is 0.629. The summed E-state index contributed by atoms with van der Waals surface area (Å²) in [6.07, 6.45) is 5.49. The van der Waals surface area contributed by atoms with Gasteiger partial charge in [-0.05, 0) is 43.0 Å². The lowest BCUT2D eigenvalue weighted by Crippen LogP contribution is -2.51. The Morgan fingerprint density at radius 3 is 2.78 bits per heavy atom. The summed E-state index contributed by atoms with van der Waals surface area (Å²) in [6, 6.07) is 12.8. The predicted octanol–water partition coefficient (Wildman–Crippen LogP) is 3.24. The number of nitrogens with zero attached hydrogens (tertiary/aromatic N) is 3. The van der Waals surface area contributed by atoms with Crippen LogP contribution in [-0.4, -0.2) is 59.9 Å². The summed E-state index contributed by atoms with van der Waals surface area (Å²) >= 11 is 0. The number of amides is 1. The molecule has 1 atom stereocenters. The van der Waals surface area contributed by atoms with Crippen molar-refractivity contribution in [3.05, 3.63) is 71.8 Å². The first kappa shape index (κ1) is 21.1. The number of aromatic nitrogens is 2. The van der Waals surface area contributed by atoms with Crippen molar-refractivity contribution in [2.75, 3.05) is 39.5 Å². The van der Waals surface area contributed by atoms with Crippen LogP contribution in [0.5, 0.6) is 0 Å². The standard InChI is InChI=1S/C25H28FN3O3/c26-22-6-2-1-5-21(22)25(8-13-31-14-9-25)24(30)28-12-15-32-18-19(17-28)16-20-4-3-11-29-23(20)7-10-27-29/h1-7,10-11,19H,8-9,12-18H2/t19-/m1/s1. The molecule has 5 rings (SSSR count). The Hall–Kier alpha value is -2.77. The van der Waals surface area contributed by atoms with Crippen LogP contribution in [0.3, 0.4) is 0 Å². The zero-order valence-electron chi connectivity index (χ0n) is 18.1. The highest BCUT2D eigenvalue weighted by atomic mass is 19.1. The van der Waals surface area contributed by atoms with Gasteiger partial charge in [-0.1, -0.05) is 24.3 Å². The second-order valence-corrected chi connectivity index (χ2v) is 8.77. The van der Waals surface area contributed by atoms with Crippen LogP contribution in [0.25, 0.3) is 5.52 Å². The largest absolute Gasteiger partial charge is 0.381 e. The average molecular weight is 438 g/mol. The fraction of sp³-hybridized carbons (Fsp3) is 0.440. The van der Waals surface area contributed by atoms with Gasteiger partial charge in [-0.2, -0.15) is 5.10 Å². The zero-order chi connectivity index (χ0) is 22.0. The molecule has 6 nitrogen and oxygen atoms in total. The van der Waals surface area contributed by atoms with Crippen LogP contribution in [0.2, 0.25) is 0 Å². The van der Waals surface area contributed by atoms with Gasteiger partial charge in [-0.15, -0.1) is 0 Å². The van der Waals surface area contributed by atoms with Crippen LogP contribution < -0.4 is 0 Å². The van der Waals surface area contributed by atoms with Gasteiger partial charge in [0.15, 0.2) is 0 Å². The molecule has 0 radical (unpaired) electrons. The monoisotopic (exact) mass is 437 g/mol. The first-order valence-corrected chi connectivity index (χ1v) is 11.3. The number of hydrogen-bond acceptors (Lipinski definition) is 4. The Morgan fingerprint density at radius 1 is 1.09 bits per heavy atom. The van der Waals surface area contributed by atoms with E-state index < -0.39 is 5.41 Å². The molecule has 2 saturated heterocycles. The third-order valence-corrected chi connectivity index (χ3v) is 6.80. The van der Waals surface area contributed by atoms with Crippen LogP contribution in [0, 0.1) is 11.7 Å². The molecule has 2 aliphatic rings. The Morgan fingerprint density at radius 2 is 1.94 bits per heavy atom. The summed E-state index contributed by atoms with van der Waals surface area (Å²) in [6.45, 7) is 3.10. The van der Waals surface area contributed by atoms with Gasteiger partial charge in [-0.25, -0.2) is 8.91 Å². The molecule has 0 N–H and O–H groups in total. The van der Waals surface area contributed by atoms with E-state index in [1.807, 2.05) is 33.8 Å². The lowest BCUT2D eigenvalue weighted by molar-refractivity contribution is -0.142. The fourth-order valence-electron chi connectivity index (χ4n) is 5.16. The smallest absolute Gasteiger partial charge is 0.233 e. The number of carbonyl (C=O) groups is 1. The van der Waals surface area contributed by atoms with Crippen molar-refractivity contribution < 1.29 is 18.7 Å². The van der Waals surface area contributed by atoms with Crippen molar-refractivity contribution in [1.82, 2.24) is 14.5 Å². The second-order valence-electron chi connectivity index (χ2n) is 8.77. The van der Waals surface area contributed by atoms with E-state index in [1.165, 1.54) is 11.6 Å². The average Bonchev–Trinajstić information content (AvgIpc) is 3.19. The predicted molar refractivity (Wildman–Crippen MR) is 118 cm³/mol. The van der Waals surface area contributed by atoms with Crippen LogP contribution in [-0.2, 0) is 26.1 Å². The molecule has 1 amide bonds. The summed E-state index contributed by atoms with van der Waals surface area (Å²) in [4.78, 5) is 15.9. The van der Waals surface area contributed by atoms with E-state index in [0.717, 1.165) is 11.9 Å². The topological polar surface area (TPSA) is 56.1 Å². The molecule has 1 aromatic carbocycles. The highest BCUT2D eigenvalue weighted by molar-refractivity contribution is 5.88. The van der Waals surface area contributed by atoms with Crippen molar-refractivity contribution in [2.45, 2.75) is 24.7 Å². The Kier molecular flexibility index (Phi) is 5.93. The minimum absolute atomic E-state index is 0.0102. The van der Waals surface area contributed by atoms with Crippen molar-refractivity contribution in [3.8, 4) is 0 Å². The molecule has 0 aliphatic carbocycles. The third kappa shape index (κ3) is 3.91. The van der Waals surface area contributed by atoms with Crippen LogP contribution in [0.15, 0.2) is 54.9 Å². The first-order valence-electron chi connectivity index (χ1n) is 11.3. The number of halogens is 1. The molecule has 3 aromatic rings. The van der Waals surface area contributed by atoms with Crippen LogP contribution in [0.4, 0.5) is 4.39 Å². The summed E-state index contributed by atoms with van der Waals surface area (Å²) in [5.74, 6) is -0.179. The summed E-state index contributed by atoms with van der Waals surface area (Å²) < 4.78 is 28.2. The van der Waals surface area contributed by atoms with Crippen LogP contribution >= 0.6 is 0 Å². The fourth-order valence-corrected chi connectivity index (χ4v) is 5.16. The third-order valence-electron chi connectivity index (χ3n) is 6.80. The minimum Gasteiger partial charge on any atom is -0.381 e. The van der Waals surface area contributed by atoms with E-state index in [-0.39, 0.29) is 17.6 Å². The first-order chi connectivity index (χ1) is 15.7. The van der Waals surface area contributed by atoms with E-state index in [1.54, 1.807) is 18.3 Å². The molecule has 4 heterocycles. The van der Waals surface area contributed by atoms with E-state index in [2.05, 4.69) is 11.2 Å². The Bertz CT molecular complexity index is 1090. The maximum atomic E-state index is 14.9. The van der Waals surface area contributed by atoms with Gasteiger partial charge >= 0.3 is 0 Å². The summed E-state index contributed by atoms with van der Waals surface area (Å²) in [5, 5.41) is 4.32. The highest BCUT2D eigenvalue weighted by Gasteiger charge is 2.46. The molecule has 0 unspecified atom stereocenters. The number of carbonyl (C=O) groups excluding carboxylic acids is 1. The van der Waals surface area contributed by atoms with Gasteiger partial charge in [0.2, 0.25) is 5.91 Å². The molecule has 0 saturated carbocycles. The number of benzene rings is 1. The Labute approximate surface area is 186 Å². The highest BCUT2D eigenvalue weighted by Crippen LogP contribution is 2.38. The van der Waals surface area contributed by atoms with Crippen molar-refractivity contribution >= 4 is 11.4 Å². The Balaban J connectivity index is 1.41. The minimum atomic E-state index is -0.885. The van der Waals surface area contributed by atoms with E-state index in [0.29, 0.717) is 57.9 Å². The number of hydrogen-bond donors (Lipinski definition) is 0. The summed E-state index contributed by atoms with van der Waals surface area (Å²) in [7, 11) is 0. The molecule has 0 spiro atoms. The molecule has 32 heavy (non-hydrogen) atoms. The molecular formula is C25H28FN3O3. The van der Waals surface area contributed by atoms with E-state index in [9.17, 15) is 9.18 Å². The van der Waals surface area contributed by atoms with Gasteiger partial charge in [0.1, 0.15) is 5.82 Å². The van der Waals surface area contributed by atoms with Crippen LogP contribution in [0.1, 0.15) is 24.0 Å². The van der Waals surface area contributed by atoms with Gasteiger partial charge in [0, 0.05) is 50.2 Å². The zero-order valence-corrected chi connectivity index (χ0v) is 18.1. The molecule has 0 bridgehead atoms. The molecule has 2 aromatic heterocycles. The SMILES string of the molecule is O=C(N1CCOC[C@H](Cc2cccn3nccc23)C1)C1(c2ccccc2F)CCOCC1. The lowest BCUT2D eigenvalue weighted by Gasteiger charge is -2.40. The van der Waals surface area contributed by atoms with Gasteiger partial charge in [0.25, 0.3) is 0 Å². The van der Waals surface area contributed by atoms with E-state index >= 15 is 0 Å². The lowest BCUT2D eigenvalue weighted by atomic mass is 9.72. The maximum absolute atomic E-state index is 14.9. The van der Waals surface area contributed by atoms with Crippen molar-refractivity contribution in [2.24, 2.45) is 5.92 Å². The molecule has 2 aliphatic heterocycles. The van der Waals surface area contributed by atoms with Crippen molar-refractivity contribution in [3.63, 3.8) is 0 Å². The molecular weight excluding hydrogens is 409 g/mol. The summed E-state index contributed by atoms with van der Waals surface area (Å²) in [5.41, 5.74) is 1.85. The molecule has 168 valence electrons. The maximum Gasteiger partial charge on any atom is 0.233 e. The van der Waals surface area contributed by atoms with Gasteiger partial charge in [0.05, 0.1) is 24.1 Å². The number of rotatable bonds is 4. The van der Waals surface area contributed by atoms with Crippen molar-refractivity contribution in [1.29, 1.82) is 0 Å². The van der Waals surface area contributed by atoms with Gasteiger partial charge < -0.3 is 14.4 Å². The number of fused-ring (bicyclic) bond motifs is 1.